The van der Waals surface area contributed by atoms with Gasteiger partial charge in [-0.05, 0) is 38.0 Å². The summed E-state index contributed by atoms with van der Waals surface area (Å²) in [5.74, 6) is 1.25. The van der Waals surface area contributed by atoms with Gasteiger partial charge in [0, 0.05) is 0 Å². The van der Waals surface area contributed by atoms with Crippen molar-refractivity contribution in [3.05, 3.63) is 0 Å². The molecule has 0 aromatic carbocycles. The Labute approximate surface area is 102 Å². The molecule has 1 N–H and O–H groups in total. The minimum absolute atomic E-state index is 0.401. The van der Waals surface area contributed by atoms with Gasteiger partial charge in [0.25, 0.3) is 0 Å². The maximum absolute atomic E-state index is 10.5. The van der Waals surface area contributed by atoms with Crippen molar-refractivity contribution < 1.29 is 5.11 Å². The van der Waals surface area contributed by atoms with Crippen LogP contribution in [0.2, 0.25) is 0 Å². The van der Waals surface area contributed by atoms with E-state index in [1.807, 2.05) is 0 Å². The molecular weight excluding hydrogens is 196 g/mol. The number of hydrogen-bond donors (Lipinski definition) is 1. The second-order valence-electron chi connectivity index (χ2n) is 6.14. The molecule has 1 heteroatoms. The Kier molecular flexibility index (Phi) is 5.82. The molecule has 2 atom stereocenters. The molecule has 0 amide bonds. The van der Waals surface area contributed by atoms with Crippen molar-refractivity contribution in [3.8, 4) is 0 Å². The first kappa shape index (κ1) is 14.0. The minimum Gasteiger partial charge on any atom is -0.390 e. The summed E-state index contributed by atoms with van der Waals surface area (Å²) < 4.78 is 0. The van der Waals surface area contributed by atoms with Crippen LogP contribution in [0.1, 0.15) is 78.6 Å². The van der Waals surface area contributed by atoms with E-state index in [9.17, 15) is 5.11 Å². The van der Waals surface area contributed by atoms with E-state index >= 15 is 0 Å². The molecule has 1 aliphatic carbocycles. The average molecular weight is 226 g/mol. The highest BCUT2D eigenvalue weighted by Crippen LogP contribution is 2.38. The summed E-state index contributed by atoms with van der Waals surface area (Å²) in [4.78, 5) is 0. The van der Waals surface area contributed by atoms with Crippen molar-refractivity contribution in [1.29, 1.82) is 0 Å². The molecule has 16 heavy (non-hydrogen) atoms. The van der Waals surface area contributed by atoms with Crippen LogP contribution in [0.4, 0.5) is 0 Å². The molecule has 0 spiro atoms. The van der Waals surface area contributed by atoms with Crippen LogP contribution < -0.4 is 0 Å². The molecule has 0 radical (unpaired) electrons. The number of hydrogen-bond acceptors (Lipinski definition) is 1. The summed E-state index contributed by atoms with van der Waals surface area (Å²) in [5.41, 5.74) is -0.401. The van der Waals surface area contributed by atoms with Gasteiger partial charge in [-0.3, -0.25) is 0 Å². The zero-order valence-electron chi connectivity index (χ0n) is 11.5. The van der Waals surface area contributed by atoms with Gasteiger partial charge in [-0.1, -0.05) is 52.4 Å². The molecule has 1 rings (SSSR count). The van der Waals surface area contributed by atoms with Crippen LogP contribution in [0.5, 0.6) is 0 Å². The third kappa shape index (κ3) is 4.45. The van der Waals surface area contributed by atoms with Crippen molar-refractivity contribution >= 4 is 0 Å². The Morgan fingerprint density at radius 3 is 2.44 bits per heavy atom. The van der Waals surface area contributed by atoms with E-state index in [-0.39, 0.29) is 0 Å². The Bertz CT molecular complexity index is 180. The zero-order valence-corrected chi connectivity index (χ0v) is 11.5. The first-order valence-electron chi connectivity index (χ1n) is 7.28. The van der Waals surface area contributed by atoms with Crippen LogP contribution in [0.25, 0.3) is 0 Å². The number of unbranched alkanes of at least 4 members (excludes halogenated alkanes) is 2. The second-order valence-corrected chi connectivity index (χ2v) is 6.14. The lowest BCUT2D eigenvalue weighted by Gasteiger charge is -2.32. The van der Waals surface area contributed by atoms with Gasteiger partial charge in [-0.15, -0.1) is 0 Å². The van der Waals surface area contributed by atoms with E-state index < -0.39 is 5.60 Å². The molecule has 0 bridgehead atoms. The highest BCUT2D eigenvalue weighted by molar-refractivity contribution is 4.86. The monoisotopic (exact) mass is 226 g/mol. The summed E-state index contributed by atoms with van der Waals surface area (Å²) in [5, 5.41) is 10.5. The van der Waals surface area contributed by atoms with Crippen LogP contribution in [-0.2, 0) is 0 Å². The smallest absolute Gasteiger partial charge is 0.0650 e. The molecule has 0 heterocycles. The highest BCUT2D eigenvalue weighted by atomic mass is 16.3. The topological polar surface area (TPSA) is 20.2 Å². The maximum atomic E-state index is 10.5. The predicted molar refractivity (Wildman–Crippen MR) is 70.5 cm³/mol. The lowest BCUT2D eigenvalue weighted by atomic mass is 9.80. The molecule has 0 aromatic rings. The standard InChI is InChI=1S/C15H30O/c1-4-5-6-9-13(2)12-15(3,16)14-10-7-8-11-14/h13-14,16H,4-12H2,1-3H3. The van der Waals surface area contributed by atoms with Gasteiger partial charge in [0.05, 0.1) is 5.60 Å². The molecule has 1 nitrogen and oxygen atoms in total. The van der Waals surface area contributed by atoms with Gasteiger partial charge >= 0.3 is 0 Å². The molecule has 1 aliphatic rings. The largest absolute Gasteiger partial charge is 0.390 e. The lowest BCUT2D eigenvalue weighted by Crippen LogP contribution is -2.34. The number of rotatable bonds is 7. The van der Waals surface area contributed by atoms with Crippen LogP contribution in [-0.4, -0.2) is 10.7 Å². The molecule has 0 aliphatic heterocycles. The molecule has 1 saturated carbocycles. The summed E-state index contributed by atoms with van der Waals surface area (Å²) in [6.45, 7) is 6.62. The lowest BCUT2D eigenvalue weighted by molar-refractivity contribution is -0.0193. The van der Waals surface area contributed by atoms with E-state index in [4.69, 9.17) is 0 Å². The third-order valence-corrected chi connectivity index (χ3v) is 4.30. The molecule has 0 saturated heterocycles. The predicted octanol–water partition coefficient (Wildman–Crippen LogP) is 4.53. The molecule has 96 valence electrons. The van der Waals surface area contributed by atoms with Crippen molar-refractivity contribution in [2.24, 2.45) is 11.8 Å². The van der Waals surface area contributed by atoms with Crippen molar-refractivity contribution in [2.75, 3.05) is 0 Å². The molecular formula is C15H30O. The van der Waals surface area contributed by atoms with Gasteiger partial charge in [-0.25, -0.2) is 0 Å². The molecule has 2 unspecified atom stereocenters. The maximum Gasteiger partial charge on any atom is 0.0650 e. The summed E-state index contributed by atoms with van der Waals surface area (Å²) in [6, 6.07) is 0. The fourth-order valence-electron chi connectivity index (χ4n) is 3.26. The van der Waals surface area contributed by atoms with E-state index in [1.54, 1.807) is 0 Å². The first-order valence-corrected chi connectivity index (χ1v) is 7.28. The Hall–Kier alpha value is -0.0400. The fourth-order valence-corrected chi connectivity index (χ4v) is 3.26. The first-order chi connectivity index (χ1) is 7.56. The highest BCUT2D eigenvalue weighted by Gasteiger charge is 2.34. The van der Waals surface area contributed by atoms with Crippen molar-refractivity contribution in [2.45, 2.75) is 84.2 Å². The quantitative estimate of drug-likeness (QED) is 0.632. The summed E-state index contributed by atoms with van der Waals surface area (Å²) in [6.07, 6.45) is 11.4. The van der Waals surface area contributed by atoms with Gasteiger partial charge in [0.2, 0.25) is 0 Å². The normalized spacial score (nSPS) is 23.2. The van der Waals surface area contributed by atoms with Crippen LogP contribution in [0.15, 0.2) is 0 Å². The van der Waals surface area contributed by atoms with E-state index in [0.29, 0.717) is 11.8 Å². The Morgan fingerprint density at radius 1 is 1.25 bits per heavy atom. The van der Waals surface area contributed by atoms with Crippen LogP contribution >= 0.6 is 0 Å². The van der Waals surface area contributed by atoms with Gasteiger partial charge in [0.15, 0.2) is 0 Å². The SMILES string of the molecule is CCCCCC(C)CC(C)(O)C1CCCC1. The summed E-state index contributed by atoms with van der Waals surface area (Å²) >= 11 is 0. The Morgan fingerprint density at radius 2 is 1.88 bits per heavy atom. The zero-order chi connectivity index (χ0) is 12.0. The third-order valence-electron chi connectivity index (χ3n) is 4.30. The van der Waals surface area contributed by atoms with Gasteiger partial charge < -0.3 is 5.11 Å². The van der Waals surface area contributed by atoms with E-state index in [0.717, 1.165) is 6.42 Å². The molecule has 0 aromatic heterocycles. The van der Waals surface area contributed by atoms with Crippen molar-refractivity contribution in [1.82, 2.24) is 0 Å². The summed E-state index contributed by atoms with van der Waals surface area (Å²) in [7, 11) is 0. The van der Waals surface area contributed by atoms with E-state index in [2.05, 4.69) is 20.8 Å². The minimum atomic E-state index is -0.401. The Balaban J connectivity index is 2.27. The number of aliphatic hydroxyl groups is 1. The van der Waals surface area contributed by atoms with Gasteiger partial charge in [-0.2, -0.15) is 0 Å². The van der Waals surface area contributed by atoms with Crippen molar-refractivity contribution in [3.63, 3.8) is 0 Å². The van der Waals surface area contributed by atoms with Crippen LogP contribution in [0.3, 0.4) is 0 Å². The van der Waals surface area contributed by atoms with Crippen LogP contribution in [0, 0.1) is 11.8 Å². The second kappa shape index (κ2) is 6.64. The molecule has 1 fully saturated rings. The van der Waals surface area contributed by atoms with E-state index in [1.165, 1.54) is 51.4 Å². The average Bonchev–Trinajstić information content (AvgIpc) is 2.70. The fraction of sp³-hybridized carbons (Fsp3) is 1.00. The van der Waals surface area contributed by atoms with Gasteiger partial charge in [0.1, 0.15) is 0 Å².